The van der Waals surface area contributed by atoms with Crippen LogP contribution in [0.3, 0.4) is 0 Å². The first-order valence-electron chi connectivity index (χ1n) is 8.63. The van der Waals surface area contributed by atoms with Crippen LogP contribution in [-0.2, 0) is 6.42 Å². The lowest BCUT2D eigenvalue weighted by atomic mass is 9.89. The van der Waals surface area contributed by atoms with Gasteiger partial charge < -0.3 is 14.2 Å². The number of amides is 1. The van der Waals surface area contributed by atoms with E-state index in [0.29, 0.717) is 11.8 Å². The molecule has 2 fully saturated rings. The molecule has 1 amide bonds. The fraction of sp³-hybridized carbons (Fsp3) is 0.526. The van der Waals surface area contributed by atoms with Gasteiger partial charge in [0.25, 0.3) is 5.91 Å². The van der Waals surface area contributed by atoms with Crippen LogP contribution < -0.4 is 0 Å². The fourth-order valence-corrected chi connectivity index (χ4v) is 4.15. The summed E-state index contributed by atoms with van der Waals surface area (Å²) in [5, 5.41) is 0.960. The van der Waals surface area contributed by atoms with Gasteiger partial charge in [-0.25, -0.2) is 0 Å². The van der Waals surface area contributed by atoms with E-state index in [1.165, 1.54) is 12.0 Å². The van der Waals surface area contributed by atoms with Gasteiger partial charge in [-0.3, -0.25) is 4.79 Å². The number of hydrogen-bond donors (Lipinski definition) is 0. The molecule has 2 unspecified atom stereocenters. The number of furan rings is 1. The number of nitrogens with zero attached hydrogens (tertiary/aromatic N) is 2. The number of aryl methyl sites for hydroxylation is 1. The van der Waals surface area contributed by atoms with Crippen molar-refractivity contribution in [3.8, 4) is 0 Å². The molecule has 2 atom stereocenters. The smallest absolute Gasteiger partial charge is 0.257 e. The normalized spacial score (nSPS) is 25.0. The van der Waals surface area contributed by atoms with Crippen LogP contribution in [0.15, 0.2) is 28.9 Å². The lowest BCUT2D eigenvalue weighted by molar-refractivity contribution is 0.0785. The number of rotatable bonds is 2. The second kappa shape index (κ2) is 5.68. The molecule has 0 bridgehead atoms. The molecule has 0 saturated carbocycles. The van der Waals surface area contributed by atoms with Gasteiger partial charge in [0.2, 0.25) is 0 Å². The van der Waals surface area contributed by atoms with Gasteiger partial charge in [-0.2, -0.15) is 0 Å². The lowest BCUT2D eigenvalue weighted by Gasteiger charge is -2.31. The highest BCUT2D eigenvalue weighted by atomic mass is 16.3. The highest BCUT2D eigenvalue weighted by molar-refractivity contribution is 6.06. The minimum absolute atomic E-state index is 0.133. The molecular formula is C19H24N2O2. The van der Waals surface area contributed by atoms with E-state index in [1.54, 1.807) is 6.26 Å². The SMILES string of the molecule is CCc1ccc2occ(C(=O)N3CC4CCN(C)CC4C3)c2c1. The Labute approximate surface area is 137 Å². The third-order valence-corrected chi connectivity index (χ3v) is 5.57. The van der Waals surface area contributed by atoms with Gasteiger partial charge in [-0.05, 0) is 56.0 Å². The number of hydrogen-bond acceptors (Lipinski definition) is 3. The molecule has 4 heteroatoms. The third-order valence-electron chi connectivity index (χ3n) is 5.57. The highest BCUT2D eigenvalue weighted by Gasteiger charge is 2.38. The van der Waals surface area contributed by atoms with Gasteiger partial charge in [0, 0.05) is 25.0 Å². The Morgan fingerprint density at radius 1 is 1.26 bits per heavy atom. The number of carbonyl (C=O) groups excluding carboxylic acids is 1. The van der Waals surface area contributed by atoms with Gasteiger partial charge in [0.05, 0.1) is 5.56 Å². The third kappa shape index (κ3) is 2.55. The maximum absolute atomic E-state index is 13.0. The van der Waals surface area contributed by atoms with Crippen molar-refractivity contribution in [1.82, 2.24) is 9.80 Å². The molecule has 122 valence electrons. The number of likely N-dealkylation sites (tertiary alicyclic amines) is 2. The second-order valence-corrected chi connectivity index (χ2v) is 7.11. The van der Waals surface area contributed by atoms with Gasteiger partial charge in [0.1, 0.15) is 11.8 Å². The van der Waals surface area contributed by atoms with E-state index in [2.05, 4.69) is 31.0 Å². The first kappa shape index (κ1) is 14.8. The van der Waals surface area contributed by atoms with Crippen LogP contribution >= 0.6 is 0 Å². The molecule has 1 aromatic heterocycles. The minimum Gasteiger partial charge on any atom is -0.463 e. The minimum atomic E-state index is 0.133. The lowest BCUT2D eigenvalue weighted by Crippen LogP contribution is -2.37. The molecule has 0 spiro atoms. The highest BCUT2D eigenvalue weighted by Crippen LogP contribution is 2.33. The molecule has 3 heterocycles. The fourth-order valence-electron chi connectivity index (χ4n) is 4.15. The zero-order chi connectivity index (χ0) is 16.0. The topological polar surface area (TPSA) is 36.7 Å². The number of benzene rings is 1. The largest absolute Gasteiger partial charge is 0.463 e. The molecule has 0 aliphatic carbocycles. The van der Waals surface area contributed by atoms with E-state index in [0.717, 1.165) is 49.1 Å². The summed E-state index contributed by atoms with van der Waals surface area (Å²) in [6, 6.07) is 6.15. The zero-order valence-electron chi connectivity index (χ0n) is 13.9. The molecule has 2 aromatic rings. The number of carbonyl (C=O) groups is 1. The molecule has 2 saturated heterocycles. The monoisotopic (exact) mass is 312 g/mol. The van der Waals surface area contributed by atoms with Crippen molar-refractivity contribution in [2.24, 2.45) is 11.8 Å². The van der Waals surface area contributed by atoms with Crippen molar-refractivity contribution >= 4 is 16.9 Å². The average Bonchev–Trinajstić information content (AvgIpc) is 3.16. The number of fused-ring (bicyclic) bond motifs is 2. The van der Waals surface area contributed by atoms with E-state index in [-0.39, 0.29) is 5.91 Å². The Hall–Kier alpha value is -1.81. The quantitative estimate of drug-likeness (QED) is 0.855. The van der Waals surface area contributed by atoms with Crippen LogP contribution in [0.4, 0.5) is 0 Å². The summed E-state index contributed by atoms with van der Waals surface area (Å²) < 4.78 is 5.61. The van der Waals surface area contributed by atoms with E-state index < -0.39 is 0 Å². The van der Waals surface area contributed by atoms with Gasteiger partial charge in [-0.15, -0.1) is 0 Å². The molecule has 2 aliphatic rings. The summed E-state index contributed by atoms with van der Waals surface area (Å²) in [6.45, 7) is 6.17. The van der Waals surface area contributed by atoms with Crippen LogP contribution in [-0.4, -0.2) is 48.9 Å². The van der Waals surface area contributed by atoms with E-state index in [4.69, 9.17) is 4.42 Å². The molecule has 23 heavy (non-hydrogen) atoms. The maximum Gasteiger partial charge on any atom is 0.257 e. The van der Waals surface area contributed by atoms with Crippen LogP contribution in [0, 0.1) is 11.8 Å². The molecule has 0 radical (unpaired) electrons. The Kier molecular flexibility index (Phi) is 3.64. The average molecular weight is 312 g/mol. The Morgan fingerprint density at radius 2 is 2.09 bits per heavy atom. The molecule has 1 aromatic carbocycles. The van der Waals surface area contributed by atoms with Gasteiger partial charge in [-0.1, -0.05) is 13.0 Å². The first-order chi connectivity index (χ1) is 11.2. The molecular weight excluding hydrogens is 288 g/mol. The summed E-state index contributed by atoms with van der Waals surface area (Å²) in [4.78, 5) is 17.4. The van der Waals surface area contributed by atoms with Crippen LogP contribution in [0.1, 0.15) is 29.3 Å². The number of piperidine rings is 1. The van der Waals surface area contributed by atoms with Crippen molar-refractivity contribution < 1.29 is 9.21 Å². The summed E-state index contributed by atoms with van der Waals surface area (Å²) in [6.07, 6.45) is 3.81. The van der Waals surface area contributed by atoms with Crippen molar-refractivity contribution in [1.29, 1.82) is 0 Å². The molecule has 4 nitrogen and oxygen atoms in total. The van der Waals surface area contributed by atoms with E-state index in [9.17, 15) is 4.79 Å². The first-order valence-corrected chi connectivity index (χ1v) is 8.63. The van der Waals surface area contributed by atoms with Crippen molar-refractivity contribution in [3.05, 3.63) is 35.6 Å². The van der Waals surface area contributed by atoms with E-state index >= 15 is 0 Å². The Bertz CT molecular complexity index is 736. The Morgan fingerprint density at radius 3 is 2.91 bits per heavy atom. The maximum atomic E-state index is 13.0. The van der Waals surface area contributed by atoms with Crippen LogP contribution in [0.2, 0.25) is 0 Å². The van der Waals surface area contributed by atoms with Crippen molar-refractivity contribution in [3.63, 3.8) is 0 Å². The van der Waals surface area contributed by atoms with E-state index in [1.807, 2.05) is 11.0 Å². The van der Waals surface area contributed by atoms with Gasteiger partial charge in [0.15, 0.2) is 0 Å². The summed E-state index contributed by atoms with van der Waals surface area (Å²) >= 11 is 0. The van der Waals surface area contributed by atoms with Crippen LogP contribution in [0.5, 0.6) is 0 Å². The zero-order valence-corrected chi connectivity index (χ0v) is 13.9. The molecule has 0 N–H and O–H groups in total. The van der Waals surface area contributed by atoms with Crippen molar-refractivity contribution in [2.75, 3.05) is 33.2 Å². The summed E-state index contributed by atoms with van der Waals surface area (Å²) in [5.41, 5.74) is 2.77. The summed E-state index contributed by atoms with van der Waals surface area (Å²) in [5.74, 6) is 1.43. The predicted molar refractivity (Wildman–Crippen MR) is 90.6 cm³/mol. The molecule has 2 aliphatic heterocycles. The second-order valence-electron chi connectivity index (χ2n) is 7.11. The Balaban J connectivity index is 1.60. The van der Waals surface area contributed by atoms with Crippen molar-refractivity contribution in [2.45, 2.75) is 19.8 Å². The molecule has 4 rings (SSSR count). The van der Waals surface area contributed by atoms with Gasteiger partial charge >= 0.3 is 0 Å². The standard InChI is InChI=1S/C19H24N2O2/c1-3-13-4-5-18-16(8-13)17(12-23-18)19(22)21-10-14-6-7-20(2)9-15(14)11-21/h4-5,8,12,14-15H,3,6-7,9-11H2,1-2H3. The predicted octanol–water partition coefficient (Wildman–Crippen LogP) is 3.02. The van der Waals surface area contributed by atoms with Crippen LogP contribution in [0.25, 0.3) is 11.0 Å². The summed E-state index contributed by atoms with van der Waals surface area (Å²) in [7, 11) is 2.18.